The van der Waals surface area contributed by atoms with Crippen LogP contribution in [0.3, 0.4) is 0 Å². The molecule has 1 unspecified atom stereocenters. The maximum Gasteiger partial charge on any atom is 0.110 e. The first-order valence-electron chi connectivity index (χ1n) is 3.93. The Hall–Kier alpha value is -0.540. The van der Waals surface area contributed by atoms with E-state index in [0.717, 1.165) is 25.3 Å². The molecule has 0 aromatic heterocycles. The largest absolute Gasteiger partial charge is 0.496 e. The fraction of sp³-hybridized carbons (Fsp3) is 0.750. The Morgan fingerprint density at radius 2 is 2.45 bits per heavy atom. The predicted octanol–water partition coefficient (Wildman–Crippen LogP) is 0.180. The molecule has 0 bridgehead atoms. The number of rotatable bonds is 3. The average Bonchev–Trinajstić information content (AvgIpc) is 2.35. The average molecular weight is 156 g/mol. The van der Waals surface area contributed by atoms with Gasteiger partial charge in [0, 0.05) is 13.0 Å². The van der Waals surface area contributed by atoms with Crippen LogP contribution >= 0.6 is 0 Å². The molecule has 0 saturated carbocycles. The van der Waals surface area contributed by atoms with E-state index in [1.165, 1.54) is 0 Å². The second-order valence-corrected chi connectivity index (χ2v) is 3.11. The lowest BCUT2D eigenvalue weighted by molar-refractivity contribution is 0.213. The summed E-state index contributed by atoms with van der Waals surface area (Å²) >= 11 is 0. The van der Waals surface area contributed by atoms with E-state index in [1.807, 2.05) is 14.1 Å². The smallest absolute Gasteiger partial charge is 0.110 e. The van der Waals surface area contributed by atoms with Gasteiger partial charge in [0.15, 0.2) is 0 Å². The van der Waals surface area contributed by atoms with Crippen LogP contribution < -0.4 is 5.73 Å². The Labute approximate surface area is 67.8 Å². The number of likely N-dealkylation sites (N-methyl/N-ethyl adjacent to an activating group) is 1. The quantitative estimate of drug-likeness (QED) is 0.633. The Bertz CT molecular complexity index is 154. The molecule has 0 amide bonds. The molecule has 1 aliphatic heterocycles. The van der Waals surface area contributed by atoms with Gasteiger partial charge in [-0.1, -0.05) is 0 Å². The minimum atomic E-state index is 0.0486. The summed E-state index contributed by atoms with van der Waals surface area (Å²) in [4.78, 5) is 2.06. The van der Waals surface area contributed by atoms with E-state index in [4.69, 9.17) is 10.5 Å². The highest BCUT2D eigenvalue weighted by atomic mass is 16.5. The molecule has 0 saturated heterocycles. The molecule has 1 heterocycles. The van der Waals surface area contributed by atoms with Crippen LogP contribution in [0.25, 0.3) is 0 Å². The Balaban J connectivity index is 2.34. The number of nitrogens with zero attached hydrogens (tertiary/aromatic N) is 1. The van der Waals surface area contributed by atoms with E-state index in [9.17, 15) is 0 Å². The molecular formula is C8H16N2O. The van der Waals surface area contributed by atoms with Gasteiger partial charge in [0.25, 0.3) is 0 Å². The highest BCUT2D eigenvalue weighted by molar-refractivity contribution is 5.06. The molecule has 1 atom stereocenters. The van der Waals surface area contributed by atoms with Crippen LogP contribution in [0.15, 0.2) is 11.8 Å². The van der Waals surface area contributed by atoms with Crippen molar-refractivity contribution in [1.29, 1.82) is 0 Å². The first kappa shape index (κ1) is 8.56. The van der Waals surface area contributed by atoms with Gasteiger partial charge >= 0.3 is 0 Å². The third-order valence-corrected chi connectivity index (χ3v) is 1.66. The first-order chi connectivity index (χ1) is 5.20. The summed E-state index contributed by atoms with van der Waals surface area (Å²) in [6.45, 7) is 1.66. The molecule has 3 nitrogen and oxygen atoms in total. The first-order valence-corrected chi connectivity index (χ1v) is 3.93. The van der Waals surface area contributed by atoms with Crippen molar-refractivity contribution >= 4 is 0 Å². The third-order valence-electron chi connectivity index (χ3n) is 1.66. The summed E-state index contributed by atoms with van der Waals surface area (Å²) in [7, 11) is 4.02. The highest BCUT2D eigenvalue weighted by Gasteiger charge is 2.14. The van der Waals surface area contributed by atoms with Gasteiger partial charge in [0.2, 0.25) is 0 Å². The van der Waals surface area contributed by atoms with Crippen molar-refractivity contribution in [2.45, 2.75) is 12.5 Å². The summed E-state index contributed by atoms with van der Waals surface area (Å²) in [5, 5.41) is 0. The van der Waals surface area contributed by atoms with Gasteiger partial charge in [-0.25, -0.2) is 0 Å². The maximum absolute atomic E-state index is 5.84. The minimum Gasteiger partial charge on any atom is -0.496 e. The molecule has 0 aromatic rings. The molecule has 1 aliphatic rings. The molecule has 0 fully saturated rings. The van der Waals surface area contributed by atoms with Gasteiger partial charge in [-0.3, -0.25) is 0 Å². The van der Waals surface area contributed by atoms with Crippen molar-refractivity contribution in [3.8, 4) is 0 Å². The molecule has 1 rings (SSSR count). The van der Waals surface area contributed by atoms with E-state index in [0.29, 0.717) is 0 Å². The molecule has 0 aliphatic carbocycles. The third kappa shape index (κ3) is 2.52. The van der Waals surface area contributed by atoms with Gasteiger partial charge < -0.3 is 15.4 Å². The summed E-state index contributed by atoms with van der Waals surface area (Å²) in [5.74, 6) is 0.957. The van der Waals surface area contributed by atoms with Crippen LogP contribution in [0, 0.1) is 0 Å². The van der Waals surface area contributed by atoms with Crippen molar-refractivity contribution in [2.24, 2.45) is 5.73 Å². The second kappa shape index (κ2) is 3.74. The van der Waals surface area contributed by atoms with Crippen molar-refractivity contribution in [3.63, 3.8) is 0 Å². The van der Waals surface area contributed by atoms with Crippen molar-refractivity contribution < 1.29 is 4.74 Å². The van der Waals surface area contributed by atoms with Crippen LogP contribution in [-0.2, 0) is 4.74 Å². The van der Waals surface area contributed by atoms with Crippen LogP contribution in [0.2, 0.25) is 0 Å². The fourth-order valence-corrected chi connectivity index (χ4v) is 1.18. The molecule has 64 valence electrons. The second-order valence-electron chi connectivity index (χ2n) is 3.11. The Kier molecular flexibility index (Phi) is 2.91. The van der Waals surface area contributed by atoms with Crippen molar-refractivity contribution in [3.05, 3.63) is 11.8 Å². The zero-order valence-electron chi connectivity index (χ0n) is 7.21. The van der Waals surface area contributed by atoms with E-state index in [1.54, 1.807) is 0 Å². The molecule has 0 aromatic carbocycles. The SMILES string of the molecule is CN(C)CC(N)C1=CCCO1. The fourth-order valence-electron chi connectivity index (χ4n) is 1.18. The van der Waals surface area contributed by atoms with Gasteiger partial charge in [-0.15, -0.1) is 0 Å². The predicted molar refractivity (Wildman–Crippen MR) is 45.2 cm³/mol. The van der Waals surface area contributed by atoms with Gasteiger partial charge in [0.05, 0.1) is 12.6 Å². The van der Waals surface area contributed by atoms with E-state index in [2.05, 4.69) is 11.0 Å². The zero-order chi connectivity index (χ0) is 8.27. The van der Waals surface area contributed by atoms with E-state index >= 15 is 0 Å². The standard InChI is InChI=1S/C8H16N2O/c1-10(2)6-7(9)8-4-3-5-11-8/h4,7H,3,5-6,9H2,1-2H3. The Morgan fingerprint density at radius 3 is 2.91 bits per heavy atom. The number of hydrogen-bond acceptors (Lipinski definition) is 3. The van der Waals surface area contributed by atoms with Crippen LogP contribution in [0.1, 0.15) is 6.42 Å². The number of hydrogen-bond donors (Lipinski definition) is 1. The monoisotopic (exact) mass is 156 g/mol. The summed E-state index contributed by atoms with van der Waals surface area (Å²) in [6, 6.07) is 0.0486. The lowest BCUT2D eigenvalue weighted by atomic mass is 10.2. The molecule has 0 radical (unpaired) electrons. The lowest BCUT2D eigenvalue weighted by Crippen LogP contribution is -2.34. The molecule has 2 N–H and O–H groups in total. The van der Waals surface area contributed by atoms with Crippen molar-refractivity contribution in [2.75, 3.05) is 27.2 Å². The summed E-state index contributed by atoms with van der Waals surface area (Å²) in [6.07, 6.45) is 3.09. The molecule has 11 heavy (non-hydrogen) atoms. The minimum absolute atomic E-state index is 0.0486. The van der Waals surface area contributed by atoms with Crippen LogP contribution in [0.4, 0.5) is 0 Å². The van der Waals surface area contributed by atoms with E-state index in [-0.39, 0.29) is 6.04 Å². The normalized spacial score (nSPS) is 19.8. The van der Waals surface area contributed by atoms with E-state index < -0.39 is 0 Å². The molecule has 3 heteroatoms. The lowest BCUT2D eigenvalue weighted by Gasteiger charge is -2.17. The topological polar surface area (TPSA) is 38.5 Å². The molecule has 0 spiro atoms. The van der Waals surface area contributed by atoms with Gasteiger partial charge in [-0.05, 0) is 20.2 Å². The highest BCUT2D eigenvalue weighted by Crippen LogP contribution is 2.11. The maximum atomic E-state index is 5.84. The Morgan fingerprint density at radius 1 is 1.73 bits per heavy atom. The van der Waals surface area contributed by atoms with Crippen LogP contribution in [-0.4, -0.2) is 38.2 Å². The number of ether oxygens (including phenoxy) is 1. The summed E-state index contributed by atoms with van der Waals surface area (Å²) < 4.78 is 5.33. The van der Waals surface area contributed by atoms with Gasteiger partial charge in [-0.2, -0.15) is 0 Å². The number of nitrogens with two attached hydrogens (primary N) is 1. The summed E-state index contributed by atoms with van der Waals surface area (Å²) in [5.41, 5.74) is 5.84. The van der Waals surface area contributed by atoms with Crippen LogP contribution in [0.5, 0.6) is 0 Å². The van der Waals surface area contributed by atoms with Gasteiger partial charge in [0.1, 0.15) is 5.76 Å². The zero-order valence-corrected chi connectivity index (χ0v) is 7.21. The molecular weight excluding hydrogens is 140 g/mol. The van der Waals surface area contributed by atoms with Crippen molar-refractivity contribution in [1.82, 2.24) is 4.90 Å².